The van der Waals surface area contributed by atoms with Gasteiger partial charge < -0.3 is 5.11 Å². The SMILES string of the molecule is O=C(O)CCC1CSCC1=O. The van der Waals surface area contributed by atoms with E-state index >= 15 is 0 Å². The minimum absolute atomic E-state index is 0.0103. The normalized spacial score (nSPS) is 24.0. The molecule has 1 unspecified atom stereocenters. The van der Waals surface area contributed by atoms with Gasteiger partial charge in [-0.3, -0.25) is 9.59 Å². The average Bonchev–Trinajstić information content (AvgIpc) is 2.31. The Morgan fingerprint density at radius 1 is 1.73 bits per heavy atom. The first-order chi connectivity index (χ1) is 5.20. The number of hydrogen-bond acceptors (Lipinski definition) is 3. The third-order valence-electron chi connectivity index (χ3n) is 1.73. The summed E-state index contributed by atoms with van der Waals surface area (Å²) in [6.45, 7) is 0. The summed E-state index contributed by atoms with van der Waals surface area (Å²) in [6, 6.07) is 0. The molecule has 0 aromatic rings. The van der Waals surface area contributed by atoms with E-state index in [2.05, 4.69) is 0 Å². The van der Waals surface area contributed by atoms with Crippen LogP contribution in [-0.4, -0.2) is 28.4 Å². The summed E-state index contributed by atoms with van der Waals surface area (Å²) in [7, 11) is 0. The lowest BCUT2D eigenvalue weighted by atomic mass is 10.0. The first-order valence-electron chi connectivity index (χ1n) is 3.52. The summed E-state index contributed by atoms with van der Waals surface area (Å²) in [5.74, 6) is 0.804. The quantitative estimate of drug-likeness (QED) is 0.687. The number of aliphatic carboxylic acids is 1. The van der Waals surface area contributed by atoms with Crippen molar-refractivity contribution in [2.24, 2.45) is 5.92 Å². The van der Waals surface area contributed by atoms with Gasteiger partial charge >= 0.3 is 5.97 Å². The molecule has 0 aromatic carbocycles. The summed E-state index contributed by atoms with van der Waals surface area (Å²) in [4.78, 5) is 21.1. The van der Waals surface area contributed by atoms with Crippen LogP contribution in [0.2, 0.25) is 0 Å². The van der Waals surface area contributed by atoms with Crippen LogP contribution in [0.15, 0.2) is 0 Å². The summed E-state index contributed by atoms with van der Waals surface area (Å²) in [5, 5.41) is 8.34. The third kappa shape index (κ3) is 2.54. The van der Waals surface area contributed by atoms with Crippen molar-refractivity contribution in [2.45, 2.75) is 12.8 Å². The monoisotopic (exact) mass is 174 g/mol. The third-order valence-corrected chi connectivity index (χ3v) is 2.85. The van der Waals surface area contributed by atoms with Crippen molar-refractivity contribution in [1.29, 1.82) is 0 Å². The van der Waals surface area contributed by atoms with E-state index in [0.717, 1.165) is 5.75 Å². The molecule has 0 radical (unpaired) electrons. The molecule has 11 heavy (non-hydrogen) atoms. The molecule has 0 spiro atoms. The van der Waals surface area contributed by atoms with Crippen molar-refractivity contribution in [3.63, 3.8) is 0 Å². The predicted molar refractivity (Wildman–Crippen MR) is 42.7 cm³/mol. The minimum atomic E-state index is -0.810. The molecule has 1 N–H and O–H groups in total. The largest absolute Gasteiger partial charge is 0.481 e. The highest BCUT2D eigenvalue weighted by atomic mass is 32.2. The molecule has 1 aliphatic heterocycles. The Balaban J connectivity index is 2.26. The lowest BCUT2D eigenvalue weighted by Gasteiger charge is -2.02. The van der Waals surface area contributed by atoms with Gasteiger partial charge in [-0.2, -0.15) is 11.8 Å². The van der Waals surface area contributed by atoms with Crippen LogP contribution < -0.4 is 0 Å². The molecule has 0 amide bonds. The number of ketones is 1. The van der Waals surface area contributed by atoms with Crippen LogP contribution in [0.4, 0.5) is 0 Å². The van der Waals surface area contributed by atoms with Crippen molar-refractivity contribution in [3.8, 4) is 0 Å². The van der Waals surface area contributed by atoms with Crippen LogP contribution >= 0.6 is 11.8 Å². The van der Waals surface area contributed by atoms with Crippen molar-refractivity contribution >= 4 is 23.5 Å². The minimum Gasteiger partial charge on any atom is -0.481 e. The zero-order valence-electron chi connectivity index (χ0n) is 6.08. The number of carbonyl (C=O) groups is 2. The Kier molecular flexibility index (Phi) is 2.93. The zero-order chi connectivity index (χ0) is 8.27. The first kappa shape index (κ1) is 8.59. The Morgan fingerprint density at radius 2 is 2.45 bits per heavy atom. The molecule has 1 heterocycles. The summed E-state index contributed by atoms with van der Waals surface area (Å²) < 4.78 is 0. The molecule has 1 aliphatic rings. The van der Waals surface area contributed by atoms with E-state index in [9.17, 15) is 9.59 Å². The fourth-order valence-corrected chi connectivity index (χ4v) is 2.25. The second kappa shape index (κ2) is 3.76. The van der Waals surface area contributed by atoms with Gasteiger partial charge in [-0.15, -0.1) is 0 Å². The zero-order valence-corrected chi connectivity index (χ0v) is 6.89. The van der Waals surface area contributed by atoms with Crippen LogP contribution in [0.3, 0.4) is 0 Å². The number of hydrogen-bond donors (Lipinski definition) is 1. The highest BCUT2D eigenvalue weighted by molar-refractivity contribution is 8.00. The van der Waals surface area contributed by atoms with Gasteiger partial charge in [-0.1, -0.05) is 0 Å². The Labute approximate surface area is 69.2 Å². The van der Waals surface area contributed by atoms with Crippen LogP contribution in [0.1, 0.15) is 12.8 Å². The highest BCUT2D eigenvalue weighted by Gasteiger charge is 2.24. The molecule has 1 rings (SSSR count). The van der Waals surface area contributed by atoms with E-state index in [-0.39, 0.29) is 18.1 Å². The van der Waals surface area contributed by atoms with Crippen LogP contribution in [0.25, 0.3) is 0 Å². The van der Waals surface area contributed by atoms with Gasteiger partial charge in [0, 0.05) is 18.1 Å². The summed E-state index contributed by atoms with van der Waals surface area (Å²) in [6.07, 6.45) is 0.637. The highest BCUT2D eigenvalue weighted by Crippen LogP contribution is 2.23. The average molecular weight is 174 g/mol. The molecule has 1 atom stereocenters. The van der Waals surface area contributed by atoms with Crippen LogP contribution in [-0.2, 0) is 9.59 Å². The van der Waals surface area contributed by atoms with Crippen molar-refractivity contribution in [1.82, 2.24) is 0 Å². The summed E-state index contributed by atoms with van der Waals surface area (Å²) >= 11 is 1.60. The van der Waals surface area contributed by atoms with Gasteiger partial charge in [0.15, 0.2) is 0 Å². The number of carboxylic acid groups (broad SMARTS) is 1. The smallest absolute Gasteiger partial charge is 0.303 e. The predicted octanol–water partition coefficient (Wildman–Crippen LogP) is 0.783. The van der Waals surface area contributed by atoms with Crippen molar-refractivity contribution in [3.05, 3.63) is 0 Å². The van der Waals surface area contributed by atoms with Crippen molar-refractivity contribution in [2.75, 3.05) is 11.5 Å². The number of carbonyl (C=O) groups excluding carboxylic acids is 1. The van der Waals surface area contributed by atoms with Gasteiger partial charge in [0.05, 0.1) is 5.75 Å². The maximum atomic E-state index is 11.0. The molecule has 4 heteroatoms. The van der Waals surface area contributed by atoms with E-state index < -0.39 is 5.97 Å². The molecular weight excluding hydrogens is 164 g/mol. The molecule has 62 valence electrons. The fraction of sp³-hybridized carbons (Fsp3) is 0.714. The number of thioether (sulfide) groups is 1. The second-order valence-corrected chi connectivity index (χ2v) is 3.64. The van der Waals surface area contributed by atoms with Crippen LogP contribution in [0, 0.1) is 5.92 Å². The topological polar surface area (TPSA) is 54.4 Å². The van der Waals surface area contributed by atoms with Gasteiger partial charge in [-0.25, -0.2) is 0 Å². The standard InChI is InChI=1S/C7H10O3S/c8-6-4-11-3-5(6)1-2-7(9)10/h5H,1-4H2,(H,9,10). The lowest BCUT2D eigenvalue weighted by molar-refractivity contribution is -0.137. The molecule has 0 aromatic heterocycles. The summed E-state index contributed by atoms with van der Waals surface area (Å²) in [5.41, 5.74) is 0. The lowest BCUT2D eigenvalue weighted by Crippen LogP contribution is -2.12. The molecule has 0 bridgehead atoms. The molecular formula is C7H10O3S. The molecule has 3 nitrogen and oxygen atoms in total. The van der Waals surface area contributed by atoms with Gasteiger partial charge in [0.1, 0.15) is 5.78 Å². The van der Waals surface area contributed by atoms with Gasteiger partial charge in [-0.05, 0) is 6.42 Å². The number of rotatable bonds is 3. The Hall–Kier alpha value is -0.510. The maximum Gasteiger partial charge on any atom is 0.303 e. The van der Waals surface area contributed by atoms with E-state index in [4.69, 9.17) is 5.11 Å². The van der Waals surface area contributed by atoms with E-state index in [1.807, 2.05) is 0 Å². The molecule has 1 fully saturated rings. The molecule has 0 aliphatic carbocycles. The van der Waals surface area contributed by atoms with Gasteiger partial charge in [0.25, 0.3) is 0 Å². The van der Waals surface area contributed by atoms with E-state index in [1.165, 1.54) is 0 Å². The Morgan fingerprint density at radius 3 is 2.91 bits per heavy atom. The van der Waals surface area contributed by atoms with Crippen molar-refractivity contribution < 1.29 is 14.7 Å². The maximum absolute atomic E-state index is 11.0. The van der Waals surface area contributed by atoms with E-state index in [1.54, 1.807) is 11.8 Å². The number of carboxylic acids is 1. The van der Waals surface area contributed by atoms with Gasteiger partial charge in [0.2, 0.25) is 0 Å². The Bertz CT molecular complexity index is 179. The molecule has 0 saturated carbocycles. The first-order valence-corrected chi connectivity index (χ1v) is 4.68. The number of Topliss-reactive ketones (excluding diaryl/α,β-unsaturated/α-hetero) is 1. The van der Waals surface area contributed by atoms with E-state index in [0.29, 0.717) is 12.2 Å². The van der Waals surface area contributed by atoms with Crippen LogP contribution in [0.5, 0.6) is 0 Å². The second-order valence-electron chi connectivity index (χ2n) is 2.61. The fourth-order valence-electron chi connectivity index (χ4n) is 1.05. The molecule has 1 saturated heterocycles.